The lowest BCUT2D eigenvalue weighted by Crippen LogP contribution is -2.43. The summed E-state index contributed by atoms with van der Waals surface area (Å²) in [7, 11) is 0. The third kappa shape index (κ3) is 5.13. The Hall–Kier alpha value is -1.07. The van der Waals surface area contributed by atoms with Crippen LogP contribution in [0.25, 0.3) is 0 Å². The number of amides is 2. The van der Waals surface area contributed by atoms with Gasteiger partial charge in [0, 0.05) is 24.5 Å². The van der Waals surface area contributed by atoms with Crippen LogP contribution < -0.4 is 10.6 Å². The molecule has 20 heavy (non-hydrogen) atoms. The van der Waals surface area contributed by atoms with Crippen molar-refractivity contribution in [1.82, 2.24) is 15.5 Å². The molecule has 2 rings (SSSR count). The van der Waals surface area contributed by atoms with Crippen LogP contribution in [0.2, 0.25) is 0 Å². The number of rotatable bonds is 6. The molecular formula is C15H25N3OS. The van der Waals surface area contributed by atoms with Gasteiger partial charge in [0.05, 0.1) is 0 Å². The predicted molar refractivity (Wildman–Crippen MR) is 84.3 cm³/mol. The molecule has 0 aliphatic carbocycles. The lowest BCUT2D eigenvalue weighted by atomic mass is 9.98. The summed E-state index contributed by atoms with van der Waals surface area (Å²) in [5.74, 6) is 0.603. The Morgan fingerprint density at radius 3 is 3.15 bits per heavy atom. The number of piperidine rings is 1. The average molecular weight is 295 g/mol. The fraction of sp³-hybridized carbons (Fsp3) is 0.667. The van der Waals surface area contributed by atoms with E-state index in [0.717, 1.165) is 26.1 Å². The molecule has 0 bridgehead atoms. The number of nitrogens with one attached hydrogen (secondary N) is 2. The van der Waals surface area contributed by atoms with Crippen LogP contribution in [0.1, 0.15) is 24.6 Å². The van der Waals surface area contributed by atoms with E-state index in [9.17, 15) is 4.79 Å². The molecule has 1 aliphatic heterocycles. The first-order chi connectivity index (χ1) is 9.78. The highest BCUT2D eigenvalue weighted by molar-refractivity contribution is 7.09. The van der Waals surface area contributed by atoms with E-state index in [1.54, 1.807) is 11.3 Å². The Balaban J connectivity index is 1.57. The van der Waals surface area contributed by atoms with Crippen molar-refractivity contribution in [2.24, 2.45) is 5.92 Å². The number of likely N-dealkylation sites (tertiary alicyclic amines) is 1. The Morgan fingerprint density at radius 2 is 2.40 bits per heavy atom. The maximum atomic E-state index is 11.7. The van der Waals surface area contributed by atoms with Crippen molar-refractivity contribution in [1.29, 1.82) is 0 Å². The van der Waals surface area contributed by atoms with Gasteiger partial charge in [-0.1, -0.05) is 13.0 Å². The topological polar surface area (TPSA) is 44.4 Å². The molecule has 5 heteroatoms. The van der Waals surface area contributed by atoms with Crippen molar-refractivity contribution >= 4 is 17.4 Å². The van der Waals surface area contributed by atoms with Crippen LogP contribution in [0.5, 0.6) is 0 Å². The second kappa shape index (κ2) is 8.27. The summed E-state index contributed by atoms with van der Waals surface area (Å²) in [6, 6.07) is 4.11. The lowest BCUT2D eigenvalue weighted by Gasteiger charge is -2.31. The molecule has 1 aromatic heterocycles. The molecule has 0 radical (unpaired) electrons. The van der Waals surface area contributed by atoms with Crippen LogP contribution in [-0.4, -0.2) is 43.7 Å². The van der Waals surface area contributed by atoms with Gasteiger partial charge < -0.3 is 15.5 Å². The van der Waals surface area contributed by atoms with Gasteiger partial charge >= 0.3 is 6.03 Å². The van der Waals surface area contributed by atoms with Crippen LogP contribution in [0.15, 0.2) is 17.5 Å². The molecule has 0 aromatic carbocycles. The monoisotopic (exact) mass is 295 g/mol. The number of hydrogen-bond donors (Lipinski definition) is 2. The zero-order valence-corrected chi connectivity index (χ0v) is 13.0. The highest BCUT2D eigenvalue weighted by Gasteiger charge is 2.18. The summed E-state index contributed by atoms with van der Waals surface area (Å²) in [5.41, 5.74) is 0. The fourth-order valence-electron chi connectivity index (χ4n) is 2.66. The second-order valence-electron chi connectivity index (χ2n) is 5.37. The van der Waals surface area contributed by atoms with E-state index in [2.05, 4.69) is 33.9 Å². The van der Waals surface area contributed by atoms with Crippen molar-refractivity contribution < 1.29 is 4.79 Å². The molecule has 2 heterocycles. The van der Waals surface area contributed by atoms with Gasteiger partial charge in [-0.25, -0.2) is 4.79 Å². The van der Waals surface area contributed by atoms with Crippen LogP contribution >= 0.6 is 11.3 Å². The molecule has 112 valence electrons. The molecule has 0 spiro atoms. The third-order valence-electron chi connectivity index (χ3n) is 3.84. The molecular weight excluding hydrogens is 270 g/mol. The predicted octanol–water partition coefficient (Wildman–Crippen LogP) is 2.32. The van der Waals surface area contributed by atoms with E-state index >= 15 is 0 Å². The van der Waals surface area contributed by atoms with Crippen molar-refractivity contribution in [3.63, 3.8) is 0 Å². The number of nitrogens with zero attached hydrogens (tertiary/aromatic N) is 1. The zero-order valence-electron chi connectivity index (χ0n) is 12.2. The first kappa shape index (κ1) is 15.3. The quantitative estimate of drug-likeness (QED) is 0.846. The molecule has 1 saturated heterocycles. The third-order valence-corrected chi connectivity index (χ3v) is 4.77. The maximum absolute atomic E-state index is 11.7. The Bertz CT molecular complexity index is 394. The molecule has 2 N–H and O–H groups in total. The van der Waals surface area contributed by atoms with E-state index in [4.69, 9.17) is 0 Å². The minimum Gasteiger partial charge on any atom is -0.338 e. The summed E-state index contributed by atoms with van der Waals surface area (Å²) in [5, 5.41) is 8.00. The highest BCUT2D eigenvalue weighted by Crippen LogP contribution is 2.15. The van der Waals surface area contributed by atoms with Crippen LogP contribution in [0, 0.1) is 5.92 Å². The summed E-state index contributed by atoms with van der Waals surface area (Å²) >= 11 is 1.74. The average Bonchev–Trinajstić information content (AvgIpc) is 2.98. The molecule has 1 aliphatic rings. The van der Waals surface area contributed by atoms with E-state index < -0.39 is 0 Å². The van der Waals surface area contributed by atoms with Gasteiger partial charge in [-0.2, -0.15) is 0 Å². The van der Waals surface area contributed by atoms with Gasteiger partial charge in [0.15, 0.2) is 0 Å². The smallest absolute Gasteiger partial charge is 0.314 e. The molecule has 1 aromatic rings. The summed E-state index contributed by atoms with van der Waals surface area (Å²) in [4.78, 5) is 15.5. The first-order valence-electron chi connectivity index (χ1n) is 7.54. The van der Waals surface area contributed by atoms with Gasteiger partial charge in [0.1, 0.15) is 0 Å². The van der Waals surface area contributed by atoms with Crippen molar-refractivity contribution in [2.75, 3.05) is 32.7 Å². The Labute approximate surface area is 125 Å². The van der Waals surface area contributed by atoms with E-state index in [0.29, 0.717) is 12.5 Å². The highest BCUT2D eigenvalue weighted by atomic mass is 32.1. The minimum atomic E-state index is -0.0322. The number of urea groups is 1. The van der Waals surface area contributed by atoms with Gasteiger partial charge in [0.2, 0.25) is 0 Å². The van der Waals surface area contributed by atoms with Gasteiger partial charge in [0.25, 0.3) is 0 Å². The molecule has 2 amide bonds. The second-order valence-corrected chi connectivity index (χ2v) is 6.40. The largest absolute Gasteiger partial charge is 0.338 e. The van der Waals surface area contributed by atoms with Gasteiger partial charge in [-0.15, -0.1) is 11.3 Å². The van der Waals surface area contributed by atoms with Gasteiger partial charge in [-0.3, -0.25) is 0 Å². The lowest BCUT2D eigenvalue weighted by molar-refractivity contribution is 0.179. The Morgan fingerprint density at radius 1 is 1.50 bits per heavy atom. The molecule has 1 fully saturated rings. The number of carbonyl (C=O) groups excluding carboxylic acids is 1. The number of thiophene rings is 1. The first-order valence-corrected chi connectivity index (χ1v) is 8.42. The minimum absolute atomic E-state index is 0.0322. The van der Waals surface area contributed by atoms with Crippen LogP contribution in [-0.2, 0) is 6.42 Å². The molecule has 0 saturated carbocycles. The summed E-state index contributed by atoms with van der Waals surface area (Å²) in [6.45, 7) is 7.14. The van der Waals surface area contributed by atoms with E-state index in [1.807, 2.05) is 6.07 Å². The normalized spacial score (nSPS) is 19.8. The summed E-state index contributed by atoms with van der Waals surface area (Å²) in [6.07, 6.45) is 3.39. The van der Waals surface area contributed by atoms with Crippen molar-refractivity contribution in [2.45, 2.75) is 26.2 Å². The maximum Gasteiger partial charge on any atom is 0.314 e. The fourth-order valence-corrected chi connectivity index (χ4v) is 3.37. The van der Waals surface area contributed by atoms with Crippen LogP contribution in [0.3, 0.4) is 0 Å². The SMILES string of the molecule is CCN1CCCC(CNC(=O)NCCc2cccs2)C1. The molecule has 1 unspecified atom stereocenters. The zero-order chi connectivity index (χ0) is 14.2. The number of carbonyl (C=O) groups is 1. The van der Waals surface area contributed by atoms with E-state index in [-0.39, 0.29) is 6.03 Å². The molecule has 1 atom stereocenters. The summed E-state index contributed by atoms with van der Waals surface area (Å²) < 4.78 is 0. The standard InChI is InChI=1S/C15H25N3OS/c1-2-18-9-3-5-13(12-18)11-17-15(19)16-8-7-14-6-4-10-20-14/h4,6,10,13H,2-3,5,7-9,11-12H2,1H3,(H2,16,17,19). The van der Waals surface area contributed by atoms with E-state index in [1.165, 1.54) is 24.3 Å². The van der Waals surface area contributed by atoms with Crippen LogP contribution in [0.4, 0.5) is 4.79 Å². The van der Waals surface area contributed by atoms with Crippen molar-refractivity contribution in [3.05, 3.63) is 22.4 Å². The number of hydrogen-bond acceptors (Lipinski definition) is 3. The van der Waals surface area contributed by atoms with Crippen molar-refractivity contribution in [3.8, 4) is 0 Å². The molecule has 4 nitrogen and oxygen atoms in total. The van der Waals surface area contributed by atoms with Gasteiger partial charge in [-0.05, 0) is 49.7 Å². The Kier molecular flexibility index (Phi) is 6.33.